The van der Waals surface area contributed by atoms with Crippen molar-refractivity contribution in [2.45, 2.75) is 11.4 Å². The van der Waals surface area contributed by atoms with Gasteiger partial charge in [-0.05, 0) is 23.8 Å². The third kappa shape index (κ3) is 5.05. The number of thiazole rings is 1. The molecule has 2 aromatic carbocycles. The van der Waals surface area contributed by atoms with E-state index in [-0.39, 0.29) is 18.0 Å². The molecule has 0 saturated heterocycles. The maximum atomic E-state index is 12.5. The predicted molar refractivity (Wildman–Crippen MR) is 128 cm³/mol. The Balaban J connectivity index is 1.71. The van der Waals surface area contributed by atoms with Crippen LogP contribution in [0.4, 0.5) is 0 Å². The number of carbonyl (C=O) groups excluding carboxylic acids is 1. The normalized spacial score (nSPS) is 10.5. The van der Waals surface area contributed by atoms with Crippen molar-refractivity contribution in [2.24, 2.45) is 0 Å². The molecule has 4 rings (SSSR count). The molecule has 0 fully saturated rings. The van der Waals surface area contributed by atoms with E-state index in [1.807, 2.05) is 66.0 Å². The van der Waals surface area contributed by atoms with E-state index in [4.69, 9.17) is 9.72 Å². The summed E-state index contributed by atoms with van der Waals surface area (Å²) < 4.78 is 5.26. The molecule has 0 N–H and O–H groups in total. The van der Waals surface area contributed by atoms with Gasteiger partial charge in [0.05, 0.1) is 35.5 Å². The molecular formula is C25H19N3O2S2. The number of aromatic nitrogens is 2. The lowest BCUT2D eigenvalue weighted by atomic mass is 9.99. The Morgan fingerprint density at radius 1 is 1.12 bits per heavy atom. The van der Waals surface area contributed by atoms with Crippen molar-refractivity contribution in [3.8, 4) is 34.2 Å². The number of thioether (sulfide) groups is 1. The van der Waals surface area contributed by atoms with Gasteiger partial charge in [-0.25, -0.2) is 9.97 Å². The molecule has 0 aliphatic rings. The fourth-order valence-electron chi connectivity index (χ4n) is 3.20. The number of ether oxygens (including phenoxy) is 1. The molecule has 0 atom stereocenters. The molecule has 0 spiro atoms. The molecule has 7 heteroatoms. The zero-order chi connectivity index (χ0) is 22.3. The molecule has 0 aliphatic carbocycles. The van der Waals surface area contributed by atoms with E-state index in [0.29, 0.717) is 10.6 Å². The van der Waals surface area contributed by atoms with E-state index in [1.54, 1.807) is 13.3 Å². The lowest BCUT2D eigenvalue weighted by Gasteiger charge is -2.13. The van der Waals surface area contributed by atoms with Crippen LogP contribution in [0.5, 0.6) is 5.75 Å². The summed E-state index contributed by atoms with van der Waals surface area (Å²) in [5, 5.41) is 13.2. The molecule has 0 unspecified atom stereocenters. The van der Waals surface area contributed by atoms with Gasteiger partial charge in [-0.2, -0.15) is 5.26 Å². The Hall–Kier alpha value is -3.47. The van der Waals surface area contributed by atoms with Crippen molar-refractivity contribution in [3.05, 3.63) is 82.8 Å². The Morgan fingerprint density at radius 2 is 1.91 bits per heavy atom. The molecular weight excluding hydrogens is 438 g/mol. The van der Waals surface area contributed by atoms with Gasteiger partial charge in [0.2, 0.25) is 0 Å². The van der Waals surface area contributed by atoms with Crippen molar-refractivity contribution in [3.63, 3.8) is 0 Å². The Morgan fingerprint density at radius 3 is 2.56 bits per heavy atom. The second-order valence-corrected chi connectivity index (χ2v) is 8.81. The second-order valence-electron chi connectivity index (χ2n) is 6.87. The summed E-state index contributed by atoms with van der Waals surface area (Å²) in [4.78, 5) is 21.4. The number of ketones is 1. The first-order valence-electron chi connectivity index (χ1n) is 9.86. The fraction of sp³-hybridized carbons (Fsp3) is 0.120. The Labute approximate surface area is 194 Å². The standard InChI is InChI=1S/C25H19N3O2S2/c1-30-20-9-7-17(8-10-20)21-14-23(18-5-3-2-4-6-18)28-25(22(21)15-26)32-16-19(29)13-24-27-11-12-31-24/h2-12,14H,13,16H2,1H3. The predicted octanol–water partition coefficient (Wildman–Crippen LogP) is 5.66. The van der Waals surface area contributed by atoms with E-state index in [0.717, 1.165) is 33.1 Å². The zero-order valence-electron chi connectivity index (χ0n) is 17.3. The fourth-order valence-corrected chi connectivity index (χ4v) is 4.71. The van der Waals surface area contributed by atoms with Crippen molar-refractivity contribution in [1.82, 2.24) is 9.97 Å². The van der Waals surface area contributed by atoms with E-state index in [1.165, 1.54) is 23.1 Å². The maximum absolute atomic E-state index is 12.5. The van der Waals surface area contributed by atoms with Gasteiger partial charge in [0.25, 0.3) is 0 Å². The van der Waals surface area contributed by atoms with E-state index >= 15 is 0 Å². The number of pyridine rings is 1. The lowest BCUT2D eigenvalue weighted by molar-refractivity contribution is -0.116. The highest BCUT2D eigenvalue weighted by Gasteiger charge is 2.17. The van der Waals surface area contributed by atoms with Gasteiger partial charge in [0, 0.05) is 22.7 Å². The highest BCUT2D eigenvalue weighted by molar-refractivity contribution is 8.00. The minimum atomic E-state index is 0.0479. The minimum absolute atomic E-state index is 0.0479. The highest BCUT2D eigenvalue weighted by atomic mass is 32.2. The summed E-state index contributed by atoms with van der Waals surface area (Å²) in [6, 6.07) is 21.6. The second kappa shape index (κ2) is 10.2. The minimum Gasteiger partial charge on any atom is -0.497 e. The lowest BCUT2D eigenvalue weighted by Crippen LogP contribution is -2.06. The van der Waals surface area contributed by atoms with Crippen molar-refractivity contribution in [2.75, 3.05) is 12.9 Å². The van der Waals surface area contributed by atoms with Gasteiger partial charge in [0.15, 0.2) is 0 Å². The molecule has 0 amide bonds. The van der Waals surface area contributed by atoms with Gasteiger partial charge in [-0.3, -0.25) is 4.79 Å². The number of hydrogen-bond donors (Lipinski definition) is 0. The number of methoxy groups -OCH3 is 1. The van der Waals surface area contributed by atoms with Gasteiger partial charge < -0.3 is 4.74 Å². The van der Waals surface area contributed by atoms with Crippen molar-refractivity contribution < 1.29 is 9.53 Å². The molecule has 32 heavy (non-hydrogen) atoms. The number of rotatable bonds is 8. The van der Waals surface area contributed by atoms with Gasteiger partial charge in [-0.15, -0.1) is 11.3 Å². The highest BCUT2D eigenvalue weighted by Crippen LogP contribution is 2.35. The summed E-state index contributed by atoms with van der Waals surface area (Å²) in [6.07, 6.45) is 1.98. The van der Waals surface area contributed by atoms with E-state index < -0.39 is 0 Å². The quantitative estimate of drug-likeness (QED) is 0.318. The number of benzene rings is 2. The summed E-state index contributed by atoms with van der Waals surface area (Å²) in [7, 11) is 1.62. The molecule has 0 bridgehead atoms. The van der Waals surface area contributed by atoms with Crippen LogP contribution in [0.2, 0.25) is 0 Å². The molecule has 2 heterocycles. The van der Waals surface area contributed by atoms with Crippen LogP contribution in [0, 0.1) is 11.3 Å². The first kappa shape index (κ1) is 21.8. The topological polar surface area (TPSA) is 75.9 Å². The van der Waals surface area contributed by atoms with Crippen LogP contribution in [0.15, 0.2) is 77.3 Å². The van der Waals surface area contributed by atoms with Gasteiger partial charge >= 0.3 is 0 Å². The average Bonchev–Trinajstić information content (AvgIpc) is 3.35. The summed E-state index contributed by atoms with van der Waals surface area (Å²) in [5.41, 5.74) is 3.83. The first-order valence-corrected chi connectivity index (χ1v) is 11.7. The third-order valence-electron chi connectivity index (χ3n) is 4.77. The molecule has 0 radical (unpaired) electrons. The van der Waals surface area contributed by atoms with Gasteiger partial charge in [-0.1, -0.05) is 54.2 Å². The smallest absolute Gasteiger partial charge is 0.149 e. The molecule has 4 aromatic rings. The summed E-state index contributed by atoms with van der Waals surface area (Å²) in [6.45, 7) is 0. The van der Waals surface area contributed by atoms with Crippen LogP contribution in [-0.2, 0) is 11.2 Å². The van der Waals surface area contributed by atoms with Crippen LogP contribution in [0.25, 0.3) is 22.4 Å². The number of nitriles is 1. The number of nitrogens with zero attached hydrogens (tertiary/aromatic N) is 3. The Kier molecular flexibility index (Phi) is 6.95. The van der Waals surface area contributed by atoms with Crippen LogP contribution in [0.3, 0.4) is 0 Å². The van der Waals surface area contributed by atoms with Crippen LogP contribution >= 0.6 is 23.1 Å². The van der Waals surface area contributed by atoms with Crippen molar-refractivity contribution in [1.29, 1.82) is 5.26 Å². The summed E-state index contributed by atoms with van der Waals surface area (Å²) in [5.74, 6) is 1.01. The SMILES string of the molecule is COc1ccc(-c2cc(-c3ccccc3)nc(SCC(=O)Cc3nccs3)c2C#N)cc1. The number of carbonyl (C=O) groups is 1. The van der Waals surface area contributed by atoms with E-state index in [9.17, 15) is 10.1 Å². The van der Waals surface area contributed by atoms with Crippen LogP contribution in [0.1, 0.15) is 10.6 Å². The molecule has 158 valence electrons. The molecule has 0 saturated carbocycles. The summed E-state index contributed by atoms with van der Waals surface area (Å²) >= 11 is 2.76. The van der Waals surface area contributed by atoms with E-state index in [2.05, 4.69) is 11.1 Å². The first-order chi connectivity index (χ1) is 15.7. The largest absolute Gasteiger partial charge is 0.497 e. The monoisotopic (exact) mass is 457 g/mol. The average molecular weight is 458 g/mol. The van der Waals surface area contributed by atoms with Crippen LogP contribution < -0.4 is 4.74 Å². The van der Waals surface area contributed by atoms with Crippen molar-refractivity contribution >= 4 is 28.9 Å². The van der Waals surface area contributed by atoms with Gasteiger partial charge in [0.1, 0.15) is 22.6 Å². The number of Topliss-reactive ketones (excluding diaryl/α,β-unsaturated/α-hetero) is 1. The maximum Gasteiger partial charge on any atom is 0.149 e. The number of hydrogen-bond acceptors (Lipinski definition) is 7. The molecule has 2 aromatic heterocycles. The zero-order valence-corrected chi connectivity index (χ0v) is 19.0. The molecule has 5 nitrogen and oxygen atoms in total. The third-order valence-corrected chi connectivity index (χ3v) is 6.59. The Bertz CT molecular complexity index is 1250. The van der Waals surface area contributed by atoms with Crippen LogP contribution in [-0.4, -0.2) is 28.6 Å². The molecule has 0 aliphatic heterocycles.